The van der Waals surface area contributed by atoms with E-state index in [-0.39, 0.29) is 17.9 Å². The summed E-state index contributed by atoms with van der Waals surface area (Å²) in [4.78, 5) is 6.62. The van der Waals surface area contributed by atoms with Gasteiger partial charge in [-0.05, 0) is 72.9 Å². The molecule has 7 heteroatoms. The Morgan fingerprint density at radius 2 is 1.81 bits per heavy atom. The summed E-state index contributed by atoms with van der Waals surface area (Å²) in [7, 11) is 1.66. The van der Waals surface area contributed by atoms with Gasteiger partial charge in [0.25, 0.3) is 0 Å². The summed E-state index contributed by atoms with van der Waals surface area (Å²) in [5.41, 5.74) is 3.68. The van der Waals surface area contributed by atoms with Crippen LogP contribution in [0.15, 0.2) is 91.3 Å². The lowest BCUT2D eigenvalue weighted by Crippen LogP contribution is -2.30. The van der Waals surface area contributed by atoms with Crippen molar-refractivity contribution in [3.05, 3.63) is 108 Å². The van der Waals surface area contributed by atoms with Crippen LogP contribution in [0.25, 0.3) is 5.69 Å². The van der Waals surface area contributed by atoms with E-state index in [0.717, 1.165) is 28.5 Å². The van der Waals surface area contributed by atoms with Gasteiger partial charge in [-0.1, -0.05) is 12.1 Å². The molecule has 0 bridgehead atoms. The van der Waals surface area contributed by atoms with Crippen molar-refractivity contribution in [2.75, 3.05) is 12.0 Å². The van der Waals surface area contributed by atoms with E-state index in [2.05, 4.69) is 20.9 Å². The lowest BCUT2D eigenvalue weighted by Gasteiger charge is -2.29. The van der Waals surface area contributed by atoms with Crippen molar-refractivity contribution in [1.29, 1.82) is 0 Å². The number of methoxy groups -OCH3 is 1. The van der Waals surface area contributed by atoms with E-state index in [1.807, 2.05) is 59.6 Å². The van der Waals surface area contributed by atoms with Gasteiger partial charge in [-0.3, -0.25) is 4.98 Å². The monoisotopic (exact) mass is 444 g/mol. The van der Waals surface area contributed by atoms with Crippen molar-refractivity contribution in [2.24, 2.45) is 0 Å². The number of nitrogens with one attached hydrogen (secondary N) is 1. The molecule has 0 radical (unpaired) electrons. The molecule has 3 heterocycles. The van der Waals surface area contributed by atoms with E-state index in [9.17, 15) is 4.39 Å². The summed E-state index contributed by atoms with van der Waals surface area (Å²) in [5.74, 6) is 0.489. The highest BCUT2D eigenvalue weighted by Crippen LogP contribution is 2.42. The molecular weight excluding hydrogens is 423 g/mol. The molecule has 5 nitrogen and oxygen atoms in total. The van der Waals surface area contributed by atoms with Crippen molar-refractivity contribution in [1.82, 2.24) is 14.9 Å². The Balaban J connectivity index is 1.66. The molecule has 1 aliphatic rings. The largest absolute Gasteiger partial charge is 0.497 e. The predicted octanol–water partition coefficient (Wildman–Crippen LogP) is 5.20. The van der Waals surface area contributed by atoms with Crippen molar-refractivity contribution < 1.29 is 9.13 Å². The minimum absolute atomic E-state index is 0.187. The number of halogens is 1. The third-order valence-electron chi connectivity index (χ3n) is 5.62. The van der Waals surface area contributed by atoms with Crippen LogP contribution in [-0.2, 0) is 0 Å². The highest BCUT2D eigenvalue weighted by molar-refractivity contribution is 7.80. The number of thiocarbonyl (C=S) groups is 1. The van der Waals surface area contributed by atoms with Crippen molar-refractivity contribution >= 4 is 23.0 Å². The molecule has 2 aromatic carbocycles. The van der Waals surface area contributed by atoms with Gasteiger partial charge in [-0.2, -0.15) is 0 Å². The molecule has 0 saturated carbocycles. The number of hydrogen-bond donors (Lipinski definition) is 1. The molecular formula is C25H21FN4OS. The van der Waals surface area contributed by atoms with Crippen LogP contribution in [-0.4, -0.2) is 21.8 Å². The quantitative estimate of drug-likeness (QED) is 0.429. The second-order valence-electron chi connectivity index (χ2n) is 7.48. The first-order valence-corrected chi connectivity index (χ1v) is 10.6. The van der Waals surface area contributed by atoms with Gasteiger partial charge in [0, 0.05) is 35.5 Å². The van der Waals surface area contributed by atoms with Gasteiger partial charge in [-0.25, -0.2) is 4.39 Å². The fourth-order valence-electron chi connectivity index (χ4n) is 4.17. The van der Waals surface area contributed by atoms with Crippen LogP contribution < -0.4 is 15.0 Å². The fourth-order valence-corrected chi connectivity index (χ4v) is 4.51. The van der Waals surface area contributed by atoms with Crippen molar-refractivity contribution in [2.45, 2.75) is 12.1 Å². The maximum absolute atomic E-state index is 13.6. The average Bonchev–Trinajstić information content (AvgIpc) is 3.44. The molecule has 160 valence electrons. The molecule has 1 aliphatic heterocycles. The summed E-state index contributed by atoms with van der Waals surface area (Å²) in [6, 6.07) is 23.8. The van der Waals surface area contributed by atoms with E-state index in [1.54, 1.807) is 25.4 Å². The summed E-state index contributed by atoms with van der Waals surface area (Å²) in [5, 5.41) is 4.00. The van der Waals surface area contributed by atoms with Gasteiger partial charge < -0.3 is 19.5 Å². The standard InChI is InChI=1S/C25H21FN4OS/c1-31-20-7-4-6-19(16-20)29-15-5-9-22(29)24-23(21-8-2-3-14-27-21)28-25(32)30(24)18-12-10-17(26)11-13-18/h2-16,23-24H,1H3,(H,28,32)/t23-,24-/m1/s1. The van der Waals surface area contributed by atoms with Crippen LogP contribution in [0.1, 0.15) is 23.5 Å². The normalized spacial score (nSPS) is 17.9. The maximum atomic E-state index is 13.6. The van der Waals surface area contributed by atoms with Crippen LogP contribution in [0.5, 0.6) is 5.75 Å². The molecule has 1 saturated heterocycles. The maximum Gasteiger partial charge on any atom is 0.174 e. The highest BCUT2D eigenvalue weighted by atomic mass is 32.1. The first kappa shape index (κ1) is 20.2. The Kier molecular flexibility index (Phi) is 5.33. The Morgan fingerprint density at radius 3 is 2.56 bits per heavy atom. The molecule has 0 amide bonds. The van der Waals surface area contributed by atoms with Gasteiger partial charge in [0.1, 0.15) is 17.6 Å². The Bertz CT molecular complexity index is 1240. The summed E-state index contributed by atoms with van der Waals surface area (Å²) in [6.45, 7) is 0. The average molecular weight is 445 g/mol. The highest BCUT2D eigenvalue weighted by Gasteiger charge is 2.42. The topological polar surface area (TPSA) is 42.3 Å². The Hall–Kier alpha value is -3.71. The van der Waals surface area contributed by atoms with Crippen molar-refractivity contribution in [3.8, 4) is 11.4 Å². The zero-order chi connectivity index (χ0) is 22.1. The molecule has 1 fully saturated rings. The Labute approximate surface area is 191 Å². The van der Waals surface area contributed by atoms with Gasteiger partial charge in [0.2, 0.25) is 0 Å². The van der Waals surface area contributed by atoms with Gasteiger partial charge in [0.15, 0.2) is 5.11 Å². The molecule has 5 rings (SSSR count). The second kappa shape index (κ2) is 8.43. The third-order valence-corrected chi connectivity index (χ3v) is 5.93. The van der Waals surface area contributed by atoms with Crippen LogP contribution in [0.4, 0.5) is 10.1 Å². The summed E-state index contributed by atoms with van der Waals surface area (Å²) in [6.07, 6.45) is 3.79. The number of rotatable bonds is 5. The first-order valence-electron chi connectivity index (χ1n) is 10.2. The molecule has 4 aromatic rings. The SMILES string of the molecule is COc1cccc(-n2cccc2[C@@H]2[C@@H](c3ccccn3)NC(=S)N2c2ccc(F)cc2)c1. The van der Waals surface area contributed by atoms with Crippen molar-refractivity contribution in [3.63, 3.8) is 0 Å². The molecule has 2 atom stereocenters. The fraction of sp³-hybridized carbons (Fsp3) is 0.120. The molecule has 0 unspecified atom stereocenters. The third kappa shape index (κ3) is 3.61. The smallest absolute Gasteiger partial charge is 0.174 e. The number of hydrogen-bond acceptors (Lipinski definition) is 3. The lowest BCUT2D eigenvalue weighted by atomic mass is 10.0. The first-order chi connectivity index (χ1) is 15.7. The predicted molar refractivity (Wildman–Crippen MR) is 127 cm³/mol. The molecule has 2 aromatic heterocycles. The number of nitrogens with zero attached hydrogens (tertiary/aromatic N) is 3. The minimum atomic E-state index is -0.288. The van der Waals surface area contributed by atoms with E-state index in [1.165, 1.54) is 12.1 Å². The van der Waals surface area contributed by atoms with E-state index >= 15 is 0 Å². The van der Waals surface area contributed by atoms with E-state index < -0.39 is 0 Å². The number of benzene rings is 2. The molecule has 32 heavy (non-hydrogen) atoms. The number of ether oxygens (including phenoxy) is 1. The number of aromatic nitrogens is 2. The zero-order valence-electron chi connectivity index (χ0n) is 17.4. The van der Waals surface area contributed by atoms with Crippen LogP contribution in [0.2, 0.25) is 0 Å². The van der Waals surface area contributed by atoms with Gasteiger partial charge >= 0.3 is 0 Å². The minimum Gasteiger partial charge on any atom is -0.497 e. The summed E-state index contributed by atoms with van der Waals surface area (Å²) < 4.78 is 21.2. The zero-order valence-corrected chi connectivity index (χ0v) is 18.2. The molecule has 0 aliphatic carbocycles. The molecule has 0 spiro atoms. The van der Waals surface area contributed by atoms with E-state index in [0.29, 0.717) is 5.11 Å². The van der Waals surface area contributed by atoms with Crippen LogP contribution >= 0.6 is 12.2 Å². The lowest BCUT2D eigenvalue weighted by molar-refractivity contribution is 0.414. The van der Waals surface area contributed by atoms with E-state index in [4.69, 9.17) is 17.0 Å². The van der Waals surface area contributed by atoms with Crippen LogP contribution in [0.3, 0.4) is 0 Å². The number of anilines is 1. The number of pyridine rings is 1. The van der Waals surface area contributed by atoms with Crippen LogP contribution in [0, 0.1) is 5.82 Å². The van der Waals surface area contributed by atoms with Gasteiger partial charge in [-0.15, -0.1) is 0 Å². The molecule has 1 N–H and O–H groups in total. The summed E-state index contributed by atoms with van der Waals surface area (Å²) >= 11 is 5.75. The second-order valence-corrected chi connectivity index (χ2v) is 7.86. The van der Waals surface area contributed by atoms with Gasteiger partial charge in [0.05, 0.1) is 18.8 Å². The Morgan fingerprint density at radius 1 is 0.969 bits per heavy atom.